The standard InChI is InChI=1S/C15H21NO5/c1-4-15(2,14(18)19)16-13(17)11-6-5-7-12(10-11)21-9-8-20-3/h5-7,10H,4,8-9H2,1-3H3,(H,16,17)(H,18,19). The van der Waals surface area contributed by atoms with Gasteiger partial charge in [0.15, 0.2) is 0 Å². The van der Waals surface area contributed by atoms with Crippen LogP contribution in [-0.2, 0) is 9.53 Å². The molecule has 0 heterocycles. The van der Waals surface area contributed by atoms with E-state index in [2.05, 4.69) is 5.32 Å². The zero-order chi connectivity index (χ0) is 15.9. The zero-order valence-electron chi connectivity index (χ0n) is 12.5. The van der Waals surface area contributed by atoms with Gasteiger partial charge >= 0.3 is 5.97 Å². The molecule has 0 aliphatic carbocycles. The molecular weight excluding hydrogens is 274 g/mol. The van der Waals surface area contributed by atoms with Gasteiger partial charge in [-0.1, -0.05) is 13.0 Å². The fraction of sp³-hybridized carbons (Fsp3) is 0.467. The number of methoxy groups -OCH3 is 1. The van der Waals surface area contributed by atoms with E-state index in [1.54, 1.807) is 38.3 Å². The van der Waals surface area contributed by atoms with Gasteiger partial charge in [-0.25, -0.2) is 4.79 Å². The Kier molecular flexibility index (Phi) is 6.17. The predicted molar refractivity (Wildman–Crippen MR) is 77.6 cm³/mol. The highest BCUT2D eigenvalue weighted by Gasteiger charge is 2.33. The average molecular weight is 295 g/mol. The number of hydrogen-bond donors (Lipinski definition) is 2. The van der Waals surface area contributed by atoms with Crippen LogP contribution in [0.5, 0.6) is 5.75 Å². The molecule has 0 spiro atoms. The third kappa shape index (κ3) is 4.75. The Labute approximate surface area is 124 Å². The summed E-state index contributed by atoms with van der Waals surface area (Å²) in [5.41, 5.74) is -0.935. The maximum atomic E-state index is 12.2. The Hall–Kier alpha value is -2.08. The Morgan fingerprint density at radius 2 is 2.05 bits per heavy atom. The van der Waals surface area contributed by atoms with Crippen LogP contribution in [0.1, 0.15) is 30.6 Å². The molecule has 1 unspecified atom stereocenters. The monoisotopic (exact) mass is 295 g/mol. The lowest BCUT2D eigenvalue weighted by Gasteiger charge is -2.24. The van der Waals surface area contributed by atoms with Crippen molar-refractivity contribution in [2.45, 2.75) is 25.8 Å². The zero-order valence-corrected chi connectivity index (χ0v) is 12.5. The highest BCUT2D eigenvalue weighted by molar-refractivity contribution is 5.98. The first-order chi connectivity index (χ1) is 9.92. The minimum atomic E-state index is -1.29. The van der Waals surface area contributed by atoms with Gasteiger partial charge in [0.2, 0.25) is 0 Å². The Morgan fingerprint density at radius 1 is 1.33 bits per heavy atom. The van der Waals surface area contributed by atoms with Crippen LogP contribution >= 0.6 is 0 Å². The summed E-state index contributed by atoms with van der Waals surface area (Å²) in [6.45, 7) is 4.01. The molecule has 6 heteroatoms. The lowest BCUT2D eigenvalue weighted by molar-refractivity contribution is -0.143. The summed E-state index contributed by atoms with van der Waals surface area (Å²) in [5.74, 6) is -0.974. The van der Waals surface area contributed by atoms with Gasteiger partial charge in [-0.3, -0.25) is 4.79 Å². The molecule has 1 rings (SSSR count). The fourth-order valence-corrected chi connectivity index (χ4v) is 1.59. The summed E-state index contributed by atoms with van der Waals surface area (Å²) in [7, 11) is 1.57. The molecule has 0 saturated heterocycles. The SMILES string of the molecule is CCC(C)(NC(=O)c1cccc(OCCOC)c1)C(=O)O. The van der Waals surface area contributed by atoms with Crippen molar-refractivity contribution in [2.75, 3.05) is 20.3 Å². The van der Waals surface area contributed by atoms with E-state index in [0.717, 1.165) is 0 Å². The number of amides is 1. The van der Waals surface area contributed by atoms with E-state index < -0.39 is 17.4 Å². The summed E-state index contributed by atoms with van der Waals surface area (Å²) in [4.78, 5) is 23.4. The molecule has 0 radical (unpaired) electrons. The summed E-state index contributed by atoms with van der Waals surface area (Å²) in [6.07, 6.45) is 0.290. The number of ether oxygens (including phenoxy) is 2. The molecule has 1 atom stereocenters. The van der Waals surface area contributed by atoms with E-state index in [0.29, 0.717) is 24.5 Å². The summed E-state index contributed by atoms with van der Waals surface area (Å²) >= 11 is 0. The van der Waals surface area contributed by atoms with E-state index in [9.17, 15) is 14.7 Å². The van der Waals surface area contributed by atoms with Gasteiger partial charge in [-0.05, 0) is 31.5 Å². The van der Waals surface area contributed by atoms with Crippen LogP contribution < -0.4 is 10.1 Å². The lowest BCUT2D eigenvalue weighted by atomic mass is 9.98. The van der Waals surface area contributed by atoms with Crippen LogP contribution in [0.3, 0.4) is 0 Å². The van der Waals surface area contributed by atoms with Crippen LogP contribution in [0.2, 0.25) is 0 Å². The maximum absolute atomic E-state index is 12.2. The van der Waals surface area contributed by atoms with Crippen LogP contribution in [0, 0.1) is 0 Å². The highest BCUT2D eigenvalue weighted by atomic mass is 16.5. The van der Waals surface area contributed by atoms with Crippen molar-refractivity contribution >= 4 is 11.9 Å². The van der Waals surface area contributed by atoms with Crippen LogP contribution in [0.4, 0.5) is 0 Å². The van der Waals surface area contributed by atoms with E-state index in [-0.39, 0.29) is 6.42 Å². The van der Waals surface area contributed by atoms with E-state index >= 15 is 0 Å². The van der Waals surface area contributed by atoms with Crippen molar-refractivity contribution in [3.63, 3.8) is 0 Å². The predicted octanol–water partition coefficient (Wildman–Crippen LogP) is 1.69. The number of nitrogens with one attached hydrogen (secondary N) is 1. The number of aliphatic carboxylic acids is 1. The second-order valence-electron chi connectivity index (χ2n) is 4.81. The van der Waals surface area contributed by atoms with Crippen molar-refractivity contribution < 1.29 is 24.2 Å². The highest BCUT2D eigenvalue weighted by Crippen LogP contribution is 2.16. The second-order valence-corrected chi connectivity index (χ2v) is 4.81. The minimum absolute atomic E-state index is 0.290. The fourth-order valence-electron chi connectivity index (χ4n) is 1.59. The van der Waals surface area contributed by atoms with Gasteiger partial charge < -0.3 is 19.9 Å². The maximum Gasteiger partial charge on any atom is 0.329 e. The van der Waals surface area contributed by atoms with E-state index in [1.165, 1.54) is 6.92 Å². The molecular formula is C15H21NO5. The third-order valence-electron chi connectivity index (χ3n) is 3.22. The molecule has 1 aromatic rings. The topological polar surface area (TPSA) is 84.9 Å². The molecule has 0 bridgehead atoms. The van der Waals surface area contributed by atoms with Gasteiger partial charge in [-0.15, -0.1) is 0 Å². The number of benzene rings is 1. The van der Waals surface area contributed by atoms with Crippen molar-refractivity contribution in [3.8, 4) is 5.75 Å². The molecule has 0 aliphatic heterocycles. The molecule has 0 aliphatic rings. The minimum Gasteiger partial charge on any atom is -0.491 e. The van der Waals surface area contributed by atoms with Gasteiger partial charge in [0.05, 0.1) is 6.61 Å². The Morgan fingerprint density at radius 3 is 2.62 bits per heavy atom. The molecule has 6 nitrogen and oxygen atoms in total. The van der Waals surface area contributed by atoms with Crippen molar-refractivity contribution in [1.82, 2.24) is 5.32 Å². The molecule has 116 valence electrons. The molecule has 0 aromatic heterocycles. The van der Waals surface area contributed by atoms with Crippen molar-refractivity contribution in [3.05, 3.63) is 29.8 Å². The third-order valence-corrected chi connectivity index (χ3v) is 3.22. The van der Waals surface area contributed by atoms with Crippen LogP contribution in [0.15, 0.2) is 24.3 Å². The van der Waals surface area contributed by atoms with Crippen molar-refractivity contribution in [1.29, 1.82) is 0 Å². The first-order valence-corrected chi connectivity index (χ1v) is 6.70. The molecule has 1 aromatic carbocycles. The second kappa shape index (κ2) is 7.64. The lowest BCUT2D eigenvalue weighted by Crippen LogP contribution is -2.51. The summed E-state index contributed by atoms with van der Waals surface area (Å²) in [5, 5.41) is 11.7. The quantitative estimate of drug-likeness (QED) is 0.713. The normalized spacial score (nSPS) is 13.3. The van der Waals surface area contributed by atoms with Crippen LogP contribution in [0.25, 0.3) is 0 Å². The number of carboxylic acids is 1. The van der Waals surface area contributed by atoms with Crippen LogP contribution in [-0.4, -0.2) is 42.8 Å². The first kappa shape index (κ1) is 17.0. The number of carbonyl (C=O) groups excluding carboxylic acids is 1. The molecule has 0 fully saturated rings. The Bertz CT molecular complexity index is 503. The van der Waals surface area contributed by atoms with E-state index in [4.69, 9.17) is 9.47 Å². The number of rotatable bonds is 8. The van der Waals surface area contributed by atoms with E-state index in [1.807, 2.05) is 0 Å². The largest absolute Gasteiger partial charge is 0.491 e. The van der Waals surface area contributed by atoms with Gasteiger partial charge in [0, 0.05) is 12.7 Å². The van der Waals surface area contributed by atoms with Gasteiger partial charge in [0.1, 0.15) is 17.9 Å². The number of hydrogen-bond acceptors (Lipinski definition) is 4. The average Bonchev–Trinajstić information content (AvgIpc) is 2.47. The molecule has 21 heavy (non-hydrogen) atoms. The molecule has 2 N–H and O–H groups in total. The van der Waals surface area contributed by atoms with Gasteiger partial charge in [-0.2, -0.15) is 0 Å². The molecule has 0 saturated carbocycles. The summed E-state index contributed by atoms with van der Waals surface area (Å²) in [6, 6.07) is 6.59. The molecule has 1 amide bonds. The van der Waals surface area contributed by atoms with Gasteiger partial charge in [0.25, 0.3) is 5.91 Å². The first-order valence-electron chi connectivity index (χ1n) is 6.70. The van der Waals surface area contributed by atoms with Crippen molar-refractivity contribution in [2.24, 2.45) is 0 Å². The number of carbonyl (C=O) groups is 2. The summed E-state index contributed by atoms with van der Waals surface area (Å²) < 4.78 is 10.3. The smallest absolute Gasteiger partial charge is 0.329 e. The number of carboxylic acid groups (broad SMARTS) is 1. The Balaban J connectivity index is 2.78.